The van der Waals surface area contributed by atoms with E-state index in [1.165, 1.54) is 24.3 Å². The van der Waals surface area contributed by atoms with Crippen LogP contribution in [0.3, 0.4) is 0 Å². The monoisotopic (exact) mass is 362 g/mol. The average molecular weight is 363 g/mol. The molecular weight excluding hydrogens is 352 g/mol. The summed E-state index contributed by atoms with van der Waals surface area (Å²) < 4.78 is 52.2. The average Bonchev–Trinajstić information content (AvgIpc) is 2.40. The Hall–Kier alpha value is -1.63. The van der Waals surface area contributed by atoms with Crippen molar-refractivity contribution < 1.29 is 17.6 Å². The number of anilines is 1. The summed E-state index contributed by atoms with van der Waals surface area (Å²) in [5.41, 5.74) is -0.373. The molecule has 0 saturated carbocycles. The topological polar surface area (TPSA) is 24.9 Å². The molecule has 7 heteroatoms. The Morgan fingerprint density at radius 1 is 1.19 bits per heavy atom. The number of alkyl halides is 3. The molecule has 0 bridgehead atoms. The largest absolute Gasteiger partial charge is 0.418 e. The van der Waals surface area contributed by atoms with E-state index in [9.17, 15) is 17.6 Å². The first-order chi connectivity index (χ1) is 9.77. The summed E-state index contributed by atoms with van der Waals surface area (Å²) >= 11 is 3.03. The second-order valence-corrected chi connectivity index (χ2v) is 5.37. The molecule has 2 rings (SSSR count). The van der Waals surface area contributed by atoms with Crippen molar-refractivity contribution in [2.45, 2.75) is 19.1 Å². The lowest BCUT2D eigenvalue weighted by molar-refractivity contribution is -0.137. The number of rotatable bonds is 3. The van der Waals surface area contributed by atoms with E-state index in [2.05, 4.69) is 26.2 Å². The first kappa shape index (κ1) is 15.8. The van der Waals surface area contributed by atoms with E-state index in [-0.39, 0.29) is 5.69 Å². The van der Waals surface area contributed by atoms with Gasteiger partial charge < -0.3 is 5.32 Å². The van der Waals surface area contributed by atoms with Crippen LogP contribution in [0.4, 0.5) is 23.2 Å². The molecule has 2 nitrogen and oxygen atoms in total. The van der Waals surface area contributed by atoms with Crippen molar-refractivity contribution in [1.82, 2.24) is 4.98 Å². The molecule has 2 aromatic rings. The number of hydrogen-bond donors (Lipinski definition) is 1. The second-order valence-electron chi connectivity index (χ2n) is 4.45. The first-order valence-corrected chi connectivity index (χ1v) is 6.81. The maximum atomic E-state index is 13.0. The third-order valence-electron chi connectivity index (χ3n) is 2.85. The zero-order valence-corrected chi connectivity index (χ0v) is 12.5. The number of pyridine rings is 1. The van der Waals surface area contributed by atoms with Crippen molar-refractivity contribution in [3.8, 4) is 0 Å². The fourth-order valence-electron chi connectivity index (χ4n) is 1.83. The zero-order chi connectivity index (χ0) is 15.6. The number of aromatic nitrogens is 1. The molecule has 0 saturated heterocycles. The van der Waals surface area contributed by atoms with Gasteiger partial charge in [0.1, 0.15) is 5.82 Å². The standard InChI is InChI=1S/C14H11BrF4N2/c1-8(12-5-3-10(16)7-20-12)21-13-4-2-9(15)6-11(13)14(17,18)19/h2-8,21H,1H3. The maximum absolute atomic E-state index is 13.0. The van der Waals surface area contributed by atoms with Gasteiger partial charge in [-0.1, -0.05) is 15.9 Å². The van der Waals surface area contributed by atoms with Crippen LogP contribution in [-0.2, 0) is 6.18 Å². The van der Waals surface area contributed by atoms with E-state index in [0.717, 1.165) is 12.3 Å². The van der Waals surface area contributed by atoms with Crippen LogP contribution < -0.4 is 5.32 Å². The molecule has 1 atom stereocenters. The summed E-state index contributed by atoms with van der Waals surface area (Å²) in [7, 11) is 0. The van der Waals surface area contributed by atoms with Crippen molar-refractivity contribution in [3.63, 3.8) is 0 Å². The number of hydrogen-bond acceptors (Lipinski definition) is 2. The normalized spacial score (nSPS) is 13.0. The van der Waals surface area contributed by atoms with Crippen LogP contribution in [0, 0.1) is 5.82 Å². The highest BCUT2D eigenvalue weighted by atomic mass is 79.9. The van der Waals surface area contributed by atoms with Crippen LogP contribution in [0.5, 0.6) is 0 Å². The summed E-state index contributed by atoms with van der Waals surface area (Å²) in [5.74, 6) is -0.495. The molecular formula is C14H11BrF4N2. The van der Waals surface area contributed by atoms with E-state index in [0.29, 0.717) is 10.2 Å². The van der Waals surface area contributed by atoms with Crippen LogP contribution in [0.1, 0.15) is 24.2 Å². The fourth-order valence-corrected chi connectivity index (χ4v) is 2.19. The minimum Gasteiger partial charge on any atom is -0.376 e. The summed E-state index contributed by atoms with van der Waals surface area (Å²) in [6, 6.07) is 6.02. The van der Waals surface area contributed by atoms with E-state index in [1.54, 1.807) is 6.92 Å². The van der Waals surface area contributed by atoms with Crippen molar-refractivity contribution in [3.05, 3.63) is 58.1 Å². The zero-order valence-electron chi connectivity index (χ0n) is 10.9. The lowest BCUT2D eigenvalue weighted by Gasteiger charge is -2.19. The van der Waals surface area contributed by atoms with Gasteiger partial charge in [0, 0.05) is 10.2 Å². The van der Waals surface area contributed by atoms with E-state index in [4.69, 9.17) is 0 Å². The van der Waals surface area contributed by atoms with Crippen molar-refractivity contribution in [2.24, 2.45) is 0 Å². The Morgan fingerprint density at radius 3 is 2.48 bits per heavy atom. The SMILES string of the molecule is CC(Nc1ccc(Br)cc1C(F)(F)F)c1ccc(F)cn1. The quantitative estimate of drug-likeness (QED) is 0.761. The molecule has 0 aliphatic carbocycles. The Kier molecular flexibility index (Phi) is 4.51. The molecule has 1 aromatic heterocycles. The molecule has 1 aromatic carbocycles. The van der Waals surface area contributed by atoms with Gasteiger partial charge >= 0.3 is 6.18 Å². The highest BCUT2D eigenvalue weighted by molar-refractivity contribution is 9.10. The van der Waals surface area contributed by atoms with E-state index in [1.807, 2.05) is 0 Å². The second kappa shape index (κ2) is 6.01. The molecule has 0 aliphatic rings. The van der Waals surface area contributed by atoms with Gasteiger partial charge in [0.05, 0.1) is 23.5 Å². The molecule has 1 heterocycles. The molecule has 1 unspecified atom stereocenters. The summed E-state index contributed by atoms with van der Waals surface area (Å²) in [4.78, 5) is 3.86. The van der Waals surface area contributed by atoms with Gasteiger partial charge in [-0.2, -0.15) is 13.2 Å². The van der Waals surface area contributed by atoms with Gasteiger partial charge in [-0.25, -0.2) is 4.39 Å². The van der Waals surface area contributed by atoms with Crippen molar-refractivity contribution in [1.29, 1.82) is 0 Å². The lowest BCUT2D eigenvalue weighted by Crippen LogP contribution is -2.14. The molecule has 0 fully saturated rings. The van der Waals surface area contributed by atoms with Crippen molar-refractivity contribution in [2.75, 3.05) is 5.32 Å². The third kappa shape index (κ3) is 3.93. The fraction of sp³-hybridized carbons (Fsp3) is 0.214. The number of halogens is 5. The molecule has 0 spiro atoms. The highest BCUT2D eigenvalue weighted by Crippen LogP contribution is 2.37. The number of nitrogens with zero attached hydrogens (tertiary/aromatic N) is 1. The predicted molar refractivity (Wildman–Crippen MR) is 75.4 cm³/mol. The molecule has 112 valence electrons. The predicted octanol–water partition coefficient (Wildman–Crippen LogP) is 5.18. The summed E-state index contributed by atoms with van der Waals surface area (Å²) in [5, 5.41) is 2.75. The molecule has 1 N–H and O–H groups in total. The Morgan fingerprint density at radius 2 is 1.90 bits per heavy atom. The maximum Gasteiger partial charge on any atom is 0.418 e. The van der Waals surface area contributed by atoms with Gasteiger partial charge in [-0.15, -0.1) is 0 Å². The lowest BCUT2D eigenvalue weighted by atomic mass is 10.1. The van der Waals surface area contributed by atoms with Crippen LogP contribution in [0.15, 0.2) is 41.0 Å². The van der Waals surface area contributed by atoms with E-state index >= 15 is 0 Å². The van der Waals surface area contributed by atoms with Crippen LogP contribution in [-0.4, -0.2) is 4.98 Å². The first-order valence-electron chi connectivity index (χ1n) is 6.02. The van der Waals surface area contributed by atoms with Gasteiger partial charge in [-0.3, -0.25) is 4.98 Å². The van der Waals surface area contributed by atoms with Crippen LogP contribution in [0.2, 0.25) is 0 Å². The number of benzene rings is 1. The Labute approximate surface area is 127 Å². The molecule has 0 amide bonds. The summed E-state index contributed by atoms with van der Waals surface area (Å²) in [6.07, 6.45) is -3.44. The van der Waals surface area contributed by atoms with Crippen LogP contribution >= 0.6 is 15.9 Å². The summed E-state index contributed by atoms with van der Waals surface area (Å²) in [6.45, 7) is 1.66. The highest BCUT2D eigenvalue weighted by Gasteiger charge is 2.34. The number of nitrogens with one attached hydrogen (secondary N) is 1. The third-order valence-corrected chi connectivity index (χ3v) is 3.35. The van der Waals surface area contributed by atoms with Gasteiger partial charge in [0.15, 0.2) is 0 Å². The Balaban J connectivity index is 2.29. The van der Waals surface area contributed by atoms with Gasteiger partial charge in [0.2, 0.25) is 0 Å². The molecule has 0 aliphatic heterocycles. The van der Waals surface area contributed by atoms with Crippen LogP contribution in [0.25, 0.3) is 0 Å². The Bertz CT molecular complexity index is 626. The smallest absolute Gasteiger partial charge is 0.376 e. The molecule has 21 heavy (non-hydrogen) atoms. The minimum absolute atomic E-state index is 0.0516. The van der Waals surface area contributed by atoms with E-state index < -0.39 is 23.6 Å². The van der Waals surface area contributed by atoms with Crippen molar-refractivity contribution >= 4 is 21.6 Å². The van der Waals surface area contributed by atoms with Gasteiger partial charge in [-0.05, 0) is 37.3 Å². The molecule has 0 radical (unpaired) electrons. The van der Waals surface area contributed by atoms with Gasteiger partial charge in [0.25, 0.3) is 0 Å². The minimum atomic E-state index is -4.47.